The van der Waals surface area contributed by atoms with Crippen LogP contribution < -0.4 is 21.7 Å². The van der Waals surface area contributed by atoms with Gasteiger partial charge in [-0.25, -0.2) is 0 Å². The minimum absolute atomic E-state index is 0.187. The molecule has 0 aliphatic carbocycles. The third kappa shape index (κ3) is 10.4. The van der Waals surface area contributed by atoms with Crippen molar-refractivity contribution in [3.63, 3.8) is 0 Å². The molecule has 2 aromatic heterocycles. The monoisotopic (exact) mass is 728 g/mol. The van der Waals surface area contributed by atoms with Gasteiger partial charge in [-0.2, -0.15) is 0 Å². The Balaban J connectivity index is 1.12. The average molecular weight is 729 g/mol. The van der Waals surface area contributed by atoms with E-state index in [1.54, 1.807) is 36.7 Å². The van der Waals surface area contributed by atoms with Crippen LogP contribution in [0, 0.1) is 0 Å². The minimum atomic E-state index is -0.466. The van der Waals surface area contributed by atoms with Gasteiger partial charge in [0.25, 0.3) is 23.6 Å². The Bertz CT molecular complexity index is 1490. The summed E-state index contributed by atoms with van der Waals surface area (Å²) < 4.78 is 0.706. The average Bonchev–Trinajstić information content (AvgIpc) is 3.54. The highest BCUT2D eigenvalue weighted by Gasteiger charge is 2.41. The SMILES string of the molecule is O=C(CCCCCN1C(=O)/C(=C2\SC(=S)N(CCCCCC(=O)NNC(=O)c3cccnc3)C2=O)SC1=S)NNC(=O)c1cccnc1. The summed E-state index contributed by atoms with van der Waals surface area (Å²) in [7, 11) is 0. The molecule has 14 nitrogen and oxygen atoms in total. The van der Waals surface area contributed by atoms with E-state index in [4.69, 9.17) is 24.4 Å². The molecule has 0 spiro atoms. The molecule has 0 unspecified atom stereocenters. The van der Waals surface area contributed by atoms with Crippen LogP contribution in [0.5, 0.6) is 0 Å². The zero-order valence-corrected chi connectivity index (χ0v) is 28.8. The van der Waals surface area contributed by atoms with Crippen LogP contribution in [0.4, 0.5) is 0 Å². The van der Waals surface area contributed by atoms with Crippen LogP contribution in [0.3, 0.4) is 0 Å². The third-order valence-electron chi connectivity index (χ3n) is 6.95. The summed E-state index contributed by atoms with van der Waals surface area (Å²) in [5, 5.41) is 0. The van der Waals surface area contributed by atoms with Crippen LogP contribution in [-0.2, 0) is 19.2 Å². The molecule has 4 N–H and O–H groups in total. The van der Waals surface area contributed by atoms with Crippen molar-refractivity contribution >= 4 is 92.0 Å². The molecule has 0 aromatic carbocycles. The number of hydrazine groups is 2. The topological polar surface area (TPSA) is 183 Å². The Kier molecular flexibility index (Phi) is 14.0. The van der Waals surface area contributed by atoms with Crippen LogP contribution in [-0.4, -0.2) is 76.9 Å². The highest BCUT2D eigenvalue weighted by Crippen LogP contribution is 2.42. The van der Waals surface area contributed by atoms with E-state index in [1.807, 2.05) is 0 Å². The van der Waals surface area contributed by atoms with Gasteiger partial charge in [-0.05, 0) is 49.9 Å². The second-order valence-electron chi connectivity index (χ2n) is 10.4. The lowest BCUT2D eigenvalue weighted by atomic mass is 10.2. The summed E-state index contributed by atoms with van der Waals surface area (Å²) in [5.74, 6) is -2.30. The number of amides is 6. The van der Waals surface area contributed by atoms with Gasteiger partial charge in [0.15, 0.2) is 0 Å². The number of thioether (sulfide) groups is 2. The summed E-state index contributed by atoms with van der Waals surface area (Å²) in [6.45, 7) is 0.684. The standard InChI is InChI=1S/C30H32N8O6S4/c39-21(33-35-25(41)19-9-7-13-31-17-19)11-3-1-5-15-37-27(43)23(47-29(37)45)24-28(44)38(30(46)48-24)16-6-2-4-12-22(40)34-36-26(42)20-10-8-14-32-18-20/h7-10,13-14,17-18H,1-6,11-12,15-16H2,(H,33,39)(H,34,40)(H,35,41)(H,36,42)/b24-23+. The van der Waals surface area contributed by atoms with E-state index in [-0.39, 0.29) is 46.3 Å². The summed E-state index contributed by atoms with van der Waals surface area (Å²) >= 11 is 13.0. The number of hydrogen-bond acceptors (Lipinski definition) is 12. The van der Waals surface area contributed by atoms with Crippen molar-refractivity contribution in [2.45, 2.75) is 51.4 Å². The van der Waals surface area contributed by atoms with E-state index in [0.29, 0.717) is 71.4 Å². The number of pyridine rings is 2. The molecule has 4 rings (SSSR count). The molecule has 6 amide bonds. The fourth-order valence-electron chi connectivity index (χ4n) is 4.44. The molecule has 0 saturated carbocycles. The molecule has 0 atom stereocenters. The van der Waals surface area contributed by atoms with E-state index in [9.17, 15) is 28.8 Å². The Morgan fingerprint density at radius 1 is 0.625 bits per heavy atom. The fraction of sp³-hybridized carbons (Fsp3) is 0.333. The van der Waals surface area contributed by atoms with E-state index < -0.39 is 11.8 Å². The molecular weight excluding hydrogens is 697 g/mol. The number of carbonyl (C=O) groups excluding carboxylic acids is 6. The van der Waals surface area contributed by atoms with Gasteiger partial charge in [0, 0.05) is 50.7 Å². The quantitative estimate of drug-likeness (QED) is 0.0968. The van der Waals surface area contributed by atoms with Gasteiger partial charge >= 0.3 is 0 Å². The molecule has 2 saturated heterocycles. The van der Waals surface area contributed by atoms with Gasteiger partial charge in [0.2, 0.25) is 11.8 Å². The zero-order chi connectivity index (χ0) is 34.5. The predicted octanol–water partition coefficient (Wildman–Crippen LogP) is 2.75. The molecule has 18 heteroatoms. The van der Waals surface area contributed by atoms with Gasteiger partial charge < -0.3 is 0 Å². The van der Waals surface area contributed by atoms with E-state index >= 15 is 0 Å². The number of thiocarbonyl (C=S) groups is 2. The normalized spacial score (nSPS) is 15.9. The zero-order valence-electron chi connectivity index (χ0n) is 25.6. The Morgan fingerprint density at radius 3 is 1.42 bits per heavy atom. The van der Waals surface area contributed by atoms with Crippen LogP contribution in [0.25, 0.3) is 0 Å². The lowest BCUT2D eigenvalue weighted by Gasteiger charge is -2.14. The summed E-state index contributed by atoms with van der Waals surface area (Å²) in [6.07, 6.45) is 9.77. The maximum Gasteiger partial charge on any atom is 0.271 e. The fourth-order valence-corrected chi connectivity index (χ4v) is 7.21. The molecule has 2 aliphatic heterocycles. The van der Waals surface area contributed by atoms with Gasteiger partial charge in [-0.3, -0.25) is 70.2 Å². The van der Waals surface area contributed by atoms with E-state index in [2.05, 4.69) is 31.7 Å². The summed E-state index contributed by atoms with van der Waals surface area (Å²) in [4.78, 5) is 85.7. The van der Waals surface area contributed by atoms with E-state index in [1.165, 1.54) is 22.2 Å². The van der Waals surface area contributed by atoms with Crippen molar-refractivity contribution in [1.29, 1.82) is 0 Å². The number of hydrogen-bond donors (Lipinski definition) is 4. The lowest BCUT2D eigenvalue weighted by molar-refractivity contribution is -0.124. The Labute approximate surface area is 295 Å². The third-order valence-corrected chi connectivity index (χ3v) is 9.98. The van der Waals surface area contributed by atoms with Gasteiger partial charge in [0.1, 0.15) is 8.64 Å². The second kappa shape index (κ2) is 18.3. The van der Waals surface area contributed by atoms with Crippen LogP contribution >= 0.6 is 48.0 Å². The molecule has 252 valence electrons. The molecular formula is C30H32N8O6S4. The summed E-state index contributed by atoms with van der Waals surface area (Å²) in [5.41, 5.74) is 10.1. The molecule has 0 radical (unpaired) electrons. The van der Waals surface area contributed by atoms with Crippen molar-refractivity contribution < 1.29 is 28.8 Å². The number of aromatic nitrogens is 2. The number of unbranched alkanes of at least 4 members (excludes halogenated alkanes) is 4. The highest BCUT2D eigenvalue weighted by molar-refractivity contribution is 8.29. The number of nitrogens with zero attached hydrogens (tertiary/aromatic N) is 4. The van der Waals surface area contributed by atoms with Gasteiger partial charge in [0.05, 0.1) is 20.9 Å². The molecule has 2 aromatic rings. The van der Waals surface area contributed by atoms with Crippen molar-refractivity contribution in [1.82, 2.24) is 41.5 Å². The predicted molar refractivity (Wildman–Crippen MR) is 187 cm³/mol. The van der Waals surface area contributed by atoms with Crippen molar-refractivity contribution in [3.8, 4) is 0 Å². The van der Waals surface area contributed by atoms with Crippen molar-refractivity contribution in [3.05, 3.63) is 70.0 Å². The summed E-state index contributed by atoms with van der Waals surface area (Å²) in [6, 6.07) is 6.39. The molecule has 48 heavy (non-hydrogen) atoms. The maximum atomic E-state index is 13.2. The van der Waals surface area contributed by atoms with Crippen molar-refractivity contribution in [2.24, 2.45) is 0 Å². The molecule has 0 bridgehead atoms. The first-order valence-electron chi connectivity index (χ1n) is 15.0. The van der Waals surface area contributed by atoms with Crippen LogP contribution in [0.1, 0.15) is 72.1 Å². The van der Waals surface area contributed by atoms with Crippen LogP contribution in [0.15, 0.2) is 58.9 Å². The number of rotatable bonds is 14. The van der Waals surface area contributed by atoms with Gasteiger partial charge in [-0.15, -0.1) is 0 Å². The second-order valence-corrected chi connectivity index (χ2v) is 13.7. The number of carbonyl (C=O) groups is 6. The first-order valence-corrected chi connectivity index (χ1v) is 17.4. The lowest BCUT2D eigenvalue weighted by Crippen LogP contribution is -2.41. The molecule has 2 fully saturated rings. The Hall–Kier alpha value is -4.26. The molecule has 2 aliphatic rings. The van der Waals surface area contributed by atoms with Crippen LogP contribution in [0.2, 0.25) is 0 Å². The van der Waals surface area contributed by atoms with E-state index in [0.717, 1.165) is 23.5 Å². The van der Waals surface area contributed by atoms with Crippen molar-refractivity contribution in [2.75, 3.05) is 13.1 Å². The largest absolute Gasteiger partial charge is 0.293 e. The number of nitrogens with one attached hydrogen (secondary N) is 4. The maximum absolute atomic E-state index is 13.2. The smallest absolute Gasteiger partial charge is 0.271 e. The highest BCUT2D eigenvalue weighted by atomic mass is 32.2. The minimum Gasteiger partial charge on any atom is -0.293 e. The Morgan fingerprint density at radius 2 is 1.04 bits per heavy atom. The van der Waals surface area contributed by atoms with Gasteiger partial charge in [-0.1, -0.05) is 60.8 Å². The first kappa shape index (κ1) is 36.6. The first-order chi connectivity index (χ1) is 23.2. The molecule has 4 heterocycles.